The number of aryl methyl sites for hydroxylation is 1. The number of ketones is 1. The minimum absolute atomic E-state index is 0.00511. The molecule has 1 saturated heterocycles. The van der Waals surface area contributed by atoms with E-state index in [4.69, 9.17) is 11.6 Å². The molecule has 3 rings (SSSR count). The maximum atomic E-state index is 13.7. The normalized spacial score (nSPS) is 19.6. The van der Waals surface area contributed by atoms with Crippen LogP contribution in [0.5, 0.6) is 0 Å². The number of nitrogens with zero attached hydrogens (tertiary/aromatic N) is 2. The topological polar surface area (TPSA) is 69.0 Å². The number of halogens is 2. The summed E-state index contributed by atoms with van der Waals surface area (Å²) >= 11 is 6.33. The third kappa shape index (κ3) is 3.67. The van der Waals surface area contributed by atoms with Crippen molar-refractivity contribution in [2.45, 2.75) is 19.4 Å². The molecule has 2 heterocycles. The highest BCUT2D eigenvalue weighted by Crippen LogP contribution is 2.30. The quantitative estimate of drug-likeness (QED) is 0.601. The standard InChI is InChI=1S/C17H16ClFN2O3S/c1-11-13(6-7-16(22)14-4-2-3-5-15(14)19)17(18)21(20-11)12-8-9-25(23,24)10-12/h2-7,12H,8-10H2,1H3/b7-6+/t12-/m1/s1. The molecule has 0 amide bonds. The van der Waals surface area contributed by atoms with Crippen LogP contribution in [0, 0.1) is 12.7 Å². The molecule has 8 heteroatoms. The third-order valence-electron chi connectivity index (χ3n) is 4.17. The van der Waals surface area contributed by atoms with Gasteiger partial charge in [0.05, 0.1) is 28.8 Å². The Labute approximate surface area is 150 Å². The first kappa shape index (κ1) is 17.8. The van der Waals surface area contributed by atoms with E-state index in [2.05, 4.69) is 5.10 Å². The third-order valence-corrected chi connectivity index (χ3v) is 6.29. The van der Waals surface area contributed by atoms with Crippen LogP contribution in [0.2, 0.25) is 5.15 Å². The summed E-state index contributed by atoms with van der Waals surface area (Å²) < 4.78 is 38.4. The van der Waals surface area contributed by atoms with Crippen molar-refractivity contribution in [1.82, 2.24) is 9.78 Å². The van der Waals surface area contributed by atoms with E-state index in [0.29, 0.717) is 17.7 Å². The van der Waals surface area contributed by atoms with Gasteiger partial charge in [-0.05, 0) is 37.6 Å². The maximum absolute atomic E-state index is 13.7. The predicted molar refractivity (Wildman–Crippen MR) is 94.0 cm³/mol. The average Bonchev–Trinajstić information content (AvgIpc) is 3.05. The molecule has 0 radical (unpaired) electrons. The Morgan fingerprint density at radius 1 is 1.40 bits per heavy atom. The second-order valence-electron chi connectivity index (χ2n) is 5.97. The van der Waals surface area contributed by atoms with Gasteiger partial charge in [0.25, 0.3) is 0 Å². The lowest BCUT2D eigenvalue weighted by atomic mass is 10.1. The Kier molecular flexibility index (Phi) is 4.79. The highest BCUT2D eigenvalue weighted by atomic mass is 35.5. The van der Waals surface area contributed by atoms with Gasteiger partial charge in [0.15, 0.2) is 15.6 Å². The summed E-state index contributed by atoms with van der Waals surface area (Å²) in [6.07, 6.45) is 3.18. The summed E-state index contributed by atoms with van der Waals surface area (Å²) in [5, 5.41) is 4.58. The molecule has 0 aliphatic carbocycles. The SMILES string of the molecule is Cc1nn([C@@H]2CCS(=O)(=O)C2)c(Cl)c1/C=C/C(=O)c1ccccc1F. The molecule has 0 bridgehead atoms. The van der Waals surface area contributed by atoms with E-state index in [1.54, 1.807) is 13.0 Å². The van der Waals surface area contributed by atoms with E-state index < -0.39 is 21.4 Å². The molecule has 1 aromatic carbocycles. The summed E-state index contributed by atoms with van der Waals surface area (Å²) in [7, 11) is -3.06. The average molecular weight is 383 g/mol. The van der Waals surface area contributed by atoms with Gasteiger partial charge in [0.2, 0.25) is 0 Å². The molecule has 0 N–H and O–H groups in total. The van der Waals surface area contributed by atoms with E-state index in [0.717, 1.165) is 0 Å². The fraction of sp³-hybridized carbons (Fsp3) is 0.294. The second-order valence-corrected chi connectivity index (χ2v) is 8.56. The molecule has 1 aliphatic heterocycles. The number of rotatable bonds is 4. The number of sulfone groups is 1. The molecule has 2 aromatic rings. The molecule has 0 unspecified atom stereocenters. The largest absolute Gasteiger partial charge is 0.289 e. The molecule has 5 nitrogen and oxygen atoms in total. The molecule has 1 fully saturated rings. The molecule has 0 spiro atoms. The molecule has 25 heavy (non-hydrogen) atoms. The van der Waals surface area contributed by atoms with Crippen LogP contribution in [0.1, 0.15) is 34.1 Å². The molecule has 1 atom stereocenters. The monoisotopic (exact) mass is 382 g/mol. The van der Waals surface area contributed by atoms with Gasteiger partial charge in [-0.3, -0.25) is 4.79 Å². The first-order valence-corrected chi connectivity index (χ1v) is 9.90. The first-order chi connectivity index (χ1) is 11.8. The highest BCUT2D eigenvalue weighted by Gasteiger charge is 2.31. The van der Waals surface area contributed by atoms with Gasteiger partial charge in [0, 0.05) is 5.56 Å². The fourth-order valence-electron chi connectivity index (χ4n) is 2.84. The van der Waals surface area contributed by atoms with Crippen molar-refractivity contribution >= 4 is 33.3 Å². The Hall–Kier alpha value is -1.99. The lowest BCUT2D eigenvalue weighted by molar-refractivity contribution is 0.104. The van der Waals surface area contributed by atoms with Gasteiger partial charge < -0.3 is 0 Å². The van der Waals surface area contributed by atoms with Gasteiger partial charge in [-0.2, -0.15) is 5.10 Å². The number of hydrogen-bond acceptors (Lipinski definition) is 4. The smallest absolute Gasteiger partial charge is 0.188 e. The van der Waals surface area contributed by atoms with Crippen molar-refractivity contribution in [3.63, 3.8) is 0 Å². The molecule has 1 aliphatic rings. The van der Waals surface area contributed by atoms with Gasteiger partial charge in [0.1, 0.15) is 11.0 Å². The zero-order valence-corrected chi connectivity index (χ0v) is 15.0. The van der Waals surface area contributed by atoms with E-state index in [1.165, 1.54) is 35.0 Å². The Balaban J connectivity index is 1.86. The van der Waals surface area contributed by atoms with Crippen molar-refractivity contribution in [2.75, 3.05) is 11.5 Å². The van der Waals surface area contributed by atoms with E-state index in [-0.39, 0.29) is 28.3 Å². The number of carbonyl (C=O) groups is 1. The van der Waals surface area contributed by atoms with Crippen molar-refractivity contribution in [3.05, 3.63) is 58.1 Å². The Morgan fingerprint density at radius 2 is 2.12 bits per heavy atom. The predicted octanol–water partition coefficient (Wildman–Crippen LogP) is 3.24. The fourth-order valence-corrected chi connectivity index (χ4v) is 4.91. The summed E-state index contributed by atoms with van der Waals surface area (Å²) in [5.41, 5.74) is 1.07. The number of benzene rings is 1. The van der Waals surface area contributed by atoms with Crippen LogP contribution in [0.4, 0.5) is 4.39 Å². The number of hydrogen-bond donors (Lipinski definition) is 0. The summed E-state index contributed by atoms with van der Waals surface area (Å²) in [4.78, 5) is 12.1. The Bertz CT molecular complexity index is 966. The molecule has 1 aromatic heterocycles. The number of carbonyl (C=O) groups excluding carboxylic acids is 1. The van der Waals surface area contributed by atoms with Gasteiger partial charge in [-0.1, -0.05) is 23.7 Å². The number of allylic oxidation sites excluding steroid dienone is 1. The zero-order chi connectivity index (χ0) is 18.2. The van der Waals surface area contributed by atoms with Gasteiger partial charge in [-0.15, -0.1) is 0 Å². The first-order valence-electron chi connectivity index (χ1n) is 7.70. The van der Waals surface area contributed by atoms with Gasteiger partial charge in [-0.25, -0.2) is 17.5 Å². The second kappa shape index (κ2) is 6.72. The maximum Gasteiger partial charge on any atom is 0.188 e. The van der Waals surface area contributed by atoms with Crippen molar-refractivity contribution < 1.29 is 17.6 Å². The van der Waals surface area contributed by atoms with E-state index >= 15 is 0 Å². The minimum Gasteiger partial charge on any atom is -0.289 e. The van der Waals surface area contributed by atoms with E-state index in [1.807, 2.05) is 0 Å². The summed E-state index contributed by atoms with van der Waals surface area (Å²) in [6.45, 7) is 1.72. The van der Waals surface area contributed by atoms with Crippen molar-refractivity contribution in [3.8, 4) is 0 Å². The van der Waals surface area contributed by atoms with Crippen LogP contribution in [0.25, 0.3) is 6.08 Å². The Morgan fingerprint density at radius 3 is 2.76 bits per heavy atom. The lowest BCUT2D eigenvalue weighted by Crippen LogP contribution is -2.12. The lowest BCUT2D eigenvalue weighted by Gasteiger charge is -2.09. The minimum atomic E-state index is -3.06. The summed E-state index contributed by atoms with van der Waals surface area (Å²) in [6, 6.07) is 5.42. The van der Waals surface area contributed by atoms with Gasteiger partial charge >= 0.3 is 0 Å². The number of aromatic nitrogens is 2. The van der Waals surface area contributed by atoms with Crippen LogP contribution in [-0.2, 0) is 9.84 Å². The highest BCUT2D eigenvalue weighted by molar-refractivity contribution is 7.91. The van der Waals surface area contributed by atoms with Crippen LogP contribution < -0.4 is 0 Å². The van der Waals surface area contributed by atoms with Crippen LogP contribution in [-0.4, -0.2) is 35.5 Å². The molecular weight excluding hydrogens is 367 g/mol. The van der Waals surface area contributed by atoms with Crippen LogP contribution >= 0.6 is 11.6 Å². The molecular formula is C17H16ClFN2O3S. The zero-order valence-electron chi connectivity index (χ0n) is 13.4. The van der Waals surface area contributed by atoms with E-state index in [9.17, 15) is 17.6 Å². The van der Waals surface area contributed by atoms with Crippen molar-refractivity contribution in [1.29, 1.82) is 0 Å². The summed E-state index contributed by atoms with van der Waals surface area (Å²) in [5.74, 6) is -0.953. The molecule has 132 valence electrons. The molecule has 0 saturated carbocycles. The van der Waals surface area contributed by atoms with Crippen LogP contribution in [0.15, 0.2) is 30.3 Å². The van der Waals surface area contributed by atoms with Crippen LogP contribution in [0.3, 0.4) is 0 Å². The van der Waals surface area contributed by atoms with Crippen molar-refractivity contribution in [2.24, 2.45) is 0 Å².